The summed E-state index contributed by atoms with van der Waals surface area (Å²) in [5.74, 6) is -0.677. The number of halogens is 5. The zero-order valence-electron chi connectivity index (χ0n) is 16.5. The molecule has 172 valence electrons. The Labute approximate surface area is 197 Å². The van der Waals surface area contributed by atoms with Gasteiger partial charge < -0.3 is 5.32 Å². The summed E-state index contributed by atoms with van der Waals surface area (Å²) >= 11 is 11.8. The molecule has 11 heteroatoms. The van der Waals surface area contributed by atoms with Crippen molar-refractivity contribution in [3.63, 3.8) is 0 Å². The van der Waals surface area contributed by atoms with Crippen LogP contribution in [0.25, 0.3) is 6.08 Å². The highest BCUT2D eigenvalue weighted by atomic mass is 35.5. The van der Waals surface area contributed by atoms with E-state index < -0.39 is 27.7 Å². The number of hydrogen-bond acceptors (Lipinski definition) is 3. The van der Waals surface area contributed by atoms with Crippen LogP contribution in [0.5, 0.6) is 0 Å². The number of rotatable bonds is 6. The van der Waals surface area contributed by atoms with Gasteiger partial charge in [-0.15, -0.1) is 0 Å². The van der Waals surface area contributed by atoms with E-state index in [1.54, 1.807) is 0 Å². The van der Waals surface area contributed by atoms with Crippen LogP contribution in [0.1, 0.15) is 11.1 Å². The van der Waals surface area contributed by atoms with Crippen molar-refractivity contribution in [1.82, 2.24) is 0 Å². The van der Waals surface area contributed by atoms with Gasteiger partial charge in [0.1, 0.15) is 4.90 Å². The Morgan fingerprint density at radius 3 is 2.24 bits per heavy atom. The molecule has 0 aliphatic heterocycles. The van der Waals surface area contributed by atoms with Gasteiger partial charge in [0.25, 0.3) is 10.0 Å². The Kier molecular flexibility index (Phi) is 7.36. The number of hydrogen-bond donors (Lipinski definition) is 2. The fourth-order valence-corrected chi connectivity index (χ4v) is 4.40. The van der Waals surface area contributed by atoms with Crippen molar-refractivity contribution in [2.24, 2.45) is 0 Å². The highest BCUT2D eigenvalue weighted by Crippen LogP contribution is 2.30. The van der Waals surface area contributed by atoms with Gasteiger partial charge in [0.05, 0.1) is 10.6 Å². The Morgan fingerprint density at radius 2 is 1.58 bits per heavy atom. The molecule has 0 fully saturated rings. The third kappa shape index (κ3) is 6.74. The molecular formula is C22H15Cl2F3N2O3S. The Morgan fingerprint density at radius 1 is 0.909 bits per heavy atom. The summed E-state index contributed by atoms with van der Waals surface area (Å²) in [6.45, 7) is 0. The fourth-order valence-electron chi connectivity index (χ4n) is 2.69. The van der Waals surface area contributed by atoms with Gasteiger partial charge in [0.15, 0.2) is 0 Å². The van der Waals surface area contributed by atoms with E-state index in [9.17, 15) is 26.4 Å². The van der Waals surface area contributed by atoms with E-state index in [1.165, 1.54) is 54.6 Å². The predicted octanol–water partition coefficient (Wildman–Crippen LogP) is 6.46. The summed E-state index contributed by atoms with van der Waals surface area (Å²) in [5.41, 5.74) is -0.291. The van der Waals surface area contributed by atoms with Gasteiger partial charge >= 0.3 is 6.18 Å². The van der Waals surface area contributed by atoms with Crippen LogP contribution in [-0.2, 0) is 21.0 Å². The monoisotopic (exact) mass is 514 g/mol. The van der Waals surface area contributed by atoms with Crippen LogP contribution in [0.15, 0.2) is 77.7 Å². The SMILES string of the molecule is O=C(C=Cc1cccc(C(F)(F)F)c1)Nc1ccc(Cl)c(S(=O)(=O)Nc2ccc(Cl)cc2)c1. The van der Waals surface area contributed by atoms with Crippen LogP contribution in [0.4, 0.5) is 24.5 Å². The van der Waals surface area contributed by atoms with Crippen molar-refractivity contribution >= 4 is 56.6 Å². The number of alkyl halides is 3. The zero-order chi connectivity index (χ0) is 24.2. The minimum atomic E-state index is -4.50. The van der Waals surface area contributed by atoms with E-state index in [0.717, 1.165) is 24.3 Å². The number of carbonyl (C=O) groups is 1. The van der Waals surface area contributed by atoms with Crippen molar-refractivity contribution < 1.29 is 26.4 Å². The first kappa shape index (κ1) is 24.6. The molecule has 0 aliphatic carbocycles. The third-order valence-electron chi connectivity index (χ3n) is 4.23. The number of sulfonamides is 1. The standard InChI is InChI=1S/C22H15Cl2F3N2O3S/c23-16-5-7-17(8-6-16)29-33(31,32)20-13-18(9-10-19(20)24)28-21(30)11-4-14-2-1-3-15(12-14)22(25,26)27/h1-13,29H,(H,28,30). The number of nitrogens with one attached hydrogen (secondary N) is 2. The van der Waals surface area contributed by atoms with E-state index >= 15 is 0 Å². The normalized spacial score (nSPS) is 12.0. The molecule has 3 aromatic carbocycles. The second-order valence-electron chi connectivity index (χ2n) is 6.70. The number of benzene rings is 3. The van der Waals surface area contributed by atoms with Gasteiger partial charge in [-0.2, -0.15) is 13.2 Å². The molecule has 0 unspecified atom stereocenters. The van der Waals surface area contributed by atoms with Crippen LogP contribution in [0.3, 0.4) is 0 Å². The second kappa shape index (κ2) is 9.86. The summed E-state index contributed by atoms with van der Waals surface area (Å²) in [4.78, 5) is 11.9. The molecular weight excluding hydrogens is 500 g/mol. The van der Waals surface area contributed by atoms with Crippen molar-refractivity contribution in [2.45, 2.75) is 11.1 Å². The molecule has 1 amide bonds. The molecule has 3 rings (SSSR count). The third-order valence-corrected chi connectivity index (χ3v) is 6.34. The lowest BCUT2D eigenvalue weighted by molar-refractivity contribution is -0.137. The van der Waals surface area contributed by atoms with Crippen LogP contribution < -0.4 is 10.0 Å². The molecule has 0 bridgehead atoms. The summed E-state index contributed by atoms with van der Waals surface area (Å²) in [5, 5.41) is 2.81. The van der Waals surface area contributed by atoms with Gasteiger partial charge in [0.2, 0.25) is 5.91 Å². The molecule has 5 nitrogen and oxygen atoms in total. The van der Waals surface area contributed by atoms with E-state index in [-0.39, 0.29) is 26.9 Å². The molecule has 0 radical (unpaired) electrons. The van der Waals surface area contributed by atoms with Crippen molar-refractivity contribution in [1.29, 1.82) is 0 Å². The first-order chi connectivity index (χ1) is 15.4. The minimum absolute atomic E-state index is 0.0750. The first-order valence-corrected chi connectivity index (χ1v) is 11.4. The molecule has 0 saturated heterocycles. The molecule has 0 aromatic heterocycles. The van der Waals surface area contributed by atoms with E-state index in [2.05, 4.69) is 10.0 Å². The van der Waals surface area contributed by atoms with E-state index in [0.29, 0.717) is 5.02 Å². The summed E-state index contributed by atoms with van der Waals surface area (Å²) in [6.07, 6.45) is -2.26. The Bertz CT molecular complexity index is 1310. The van der Waals surface area contributed by atoms with Crippen molar-refractivity contribution in [2.75, 3.05) is 10.0 Å². The average molecular weight is 515 g/mol. The molecule has 3 aromatic rings. The predicted molar refractivity (Wildman–Crippen MR) is 123 cm³/mol. The lowest BCUT2D eigenvalue weighted by Gasteiger charge is -2.11. The number of carbonyl (C=O) groups excluding carboxylic acids is 1. The van der Waals surface area contributed by atoms with Gasteiger partial charge in [-0.05, 0) is 66.2 Å². The van der Waals surface area contributed by atoms with E-state index in [4.69, 9.17) is 23.2 Å². The quantitative estimate of drug-likeness (QED) is 0.370. The van der Waals surface area contributed by atoms with Gasteiger partial charge in [-0.25, -0.2) is 8.42 Å². The van der Waals surface area contributed by atoms with Crippen LogP contribution in [0, 0.1) is 0 Å². The molecule has 0 spiro atoms. The average Bonchev–Trinajstić information content (AvgIpc) is 2.74. The maximum Gasteiger partial charge on any atom is 0.416 e. The second-order valence-corrected chi connectivity index (χ2v) is 9.20. The lowest BCUT2D eigenvalue weighted by Crippen LogP contribution is -2.14. The summed E-state index contributed by atoms with van der Waals surface area (Å²) in [6, 6.07) is 14.3. The lowest BCUT2D eigenvalue weighted by atomic mass is 10.1. The van der Waals surface area contributed by atoms with Gasteiger partial charge in [-0.1, -0.05) is 35.3 Å². The number of amides is 1. The van der Waals surface area contributed by atoms with Gasteiger partial charge in [-0.3, -0.25) is 9.52 Å². The van der Waals surface area contributed by atoms with Crippen molar-refractivity contribution in [3.05, 3.63) is 94.0 Å². The van der Waals surface area contributed by atoms with Gasteiger partial charge in [0, 0.05) is 22.5 Å². The Hall–Kier alpha value is -3.01. The molecule has 2 N–H and O–H groups in total. The molecule has 0 heterocycles. The Balaban J connectivity index is 1.76. The zero-order valence-corrected chi connectivity index (χ0v) is 18.9. The van der Waals surface area contributed by atoms with Crippen LogP contribution in [-0.4, -0.2) is 14.3 Å². The van der Waals surface area contributed by atoms with Crippen LogP contribution in [0.2, 0.25) is 10.0 Å². The topological polar surface area (TPSA) is 75.3 Å². The summed E-state index contributed by atoms with van der Waals surface area (Å²) < 4.78 is 66.2. The molecule has 0 atom stereocenters. The maximum absolute atomic E-state index is 12.8. The smallest absolute Gasteiger partial charge is 0.322 e. The first-order valence-electron chi connectivity index (χ1n) is 9.18. The van der Waals surface area contributed by atoms with E-state index in [1.807, 2.05) is 0 Å². The fraction of sp³-hybridized carbons (Fsp3) is 0.0455. The molecule has 0 aliphatic rings. The molecule has 33 heavy (non-hydrogen) atoms. The van der Waals surface area contributed by atoms with Crippen molar-refractivity contribution in [3.8, 4) is 0 Å². The highest BCUT2D eigenvalue weighted by Gasteiger charge is 2.30. The van der Waals surface area contributed by atoms with Crippen LogP contribution >= 0.6 is 23.2 Å². The minimum Gasteiger partial charge on any atom is -0.322 e. The summed E-state index contributed by atoms with van der Waals surface area (Å²) in [7, 11) is -4.09. The molecule has 0 saturated carbocycles. The highest BCUT2D eigenvalue weighted by molar-refractivity contribution is 7.92. The number of anilines is 2. The largest absolute Gasteiger partial charge is 0.416 e. The maximum atomic E-state index is 12.8.